The minimum Gasteiger partial charge on any atom is -0.391 e. The van der Waals surface area contributed by atoms with E-state index in [0.717, 1.165) is 6.42 Å². The summed E-state index contributed by atoms with van der Waals surface area (Å²) < 4.78 is 6.10. The molecule has 3 N–H and O–H groups in total. The zero-order valence-electron chi connectivity index (χ0n) is 11.1. The maximum atomic E-state index is 9.55. The fourth-order valence-corrected chi connectivity index (χ4v) is 2.69. The summed E-state index contributed by atoms with van der Waals surface area (Å²) in [5.41, 5.74) is 5.70. The molecule has 3 nitrogen and oxygen atoms in total. The van der Waals surface area contributed by atoms with Gasteiger partial charge in [0.1, 0.15) is 0 Å². The zero-order valence-corrected chi connectivity index (χ0v) is 11.1. The van der Waals surface area contributed by atoms with Crippen LogP contribution in [0.5, 0.6) is 0 Å². The van der Waals surface area contributed by atoms with Gasteiger partial charge >= 0.3 is 0 Å². The Labute approximate surface area is 99.4 Å². The third-order valence-electron chi connectivity index (χ3n) is 4.39. The predicted molar refractivity (Wildman–Crippen MR) is 66.2 cm³/mol. The molecule has 0 aromatic carbocycles. The lowest BCUT2D eigenvalue weighted by molar-refractivity contribution is -0.166. The van der Waals surface area contributed by atoms with Gasteiger partial charge in [0.15, 0.2) is 0 Å². The fraction of sp³-hybridized carbons (Fsp3) is 1.00. The van der Waals surface area contributed by atoms with Crippen LogP contribution in [0.25, 0.3) is 0 Å². The highest BCUT2D eigenvalue weighted by atomic mass is 16.5. The van der Waals surface area contributed by atoms with E-state index < -0.39 is 6.10 Å². The summed E-state index contributed by atoms with van der Waals surface area (Å²) in [4.78, 5) is 0. The lowest BCUT2D eigenvalue weighted by Gasteiger charge is -2.46. The minimum atomic E-state index is -0.437. The Morgan fingerprint density at radius 3 is 2.56 bits per heavy atom. The zero-order chi connectivity index (χ0) is 12.3. The molecule has 5 unspecified atom stereocenters. The summed E-state index contributed by atoms with van der Waals surface area (Å²) in [6.07, 6.45) is 2.88. The van der Waals surface area contributed by atoms with E-state index in [9.17, 15) is 5.11 Å². The molecular formula is C13H27NO2. The van der Waals surface area contributed by atoms with Crippen molar-refractivity contribution in [2.24, 2.45) is 17.6 Å². The van der Waals surface area contributed by atoms with Crippen LogP contribution in [0.3, 0.4) is 0 Å². The lowest BCUT2D eigenvalue weighted by atomic mass is 9.70. The number of hydrogen-bond acceptors (Lipinski definition) is 3. The van der Waals surface area contributed by atoms with E-state index in [-0.39, 0.29) is 11.7 Å². The molecule has 1 rings (SSSR count). The predicted octanol–water partition coefficient (Wildman–Crippen LogP) is 1.93. The maximum Gasteiger partial charge on any atom is 0.0836 e. The van der Waals surface area contributed by atoms with Gasteiger partial charge in [-0.3, -0.25) is 0 Å². The molecule has 1 fully saturated rings. The number of nitrogens with two attached hydrogens (primary N) is 1. The van der Waals surface area contributed by atoms with Crippen molar-refractivity contribution >= 4 is 0 Å². The van der Waals surface area contributed by atoms with Crippen LogP contribution >= 0.6 is 0 Å². The van der Waals surface area contributed by atoms with Crippen LogP contribution in [-0.4, -0.2) is 29.5 Å². The molecule has 0 spiro atoms. The molecule has 0 amide bonds. The molecule has 1 aliphatic rings. The van der Waals surface area contributed by atoms with Gasteiger partial charge in [-0.05, 0) is 32.1 Å². The molecule has 1 saturated carbocycles. The van der Waals surface area contributed by atoms with Crippen molar-refractivity contribution in [1.82, 2.24) is 0 Å². The van der Waals surface area contributed by atoms with Crippen molar-refractivity contribution in [3.8, 4) is 0 Å². The lowest BCUT2D eigenvalue weighted by Crippen LogP contribution is -2.53. The first-order valence-electron chi connectivity index (χ1n) is 6.49. The molecule has 3 heteroatoms. The summed E-state index contributed by atoms with van der Waals surface area (Å²) in [7, 11) is 0. The van der Waals surface area contributed by atoms with Gasteiger partial charge in [0.25, 0.3) is 0 Å². The van der Waals surface area contributed by atoms with E-state index in [1.165, 1.54) is 12.8 Å². The van der Waals surface area contributed by atoms with Crippen LogP contribution in [0.2, 0.25) is 0 Å². The van der Waals surface area contributed by atoms with Gasteiger partial charge in [-0.2, -0.15) is 0 Å². The van der Waals surface area contributed by atoms with E-state index in [0.29, 0.717) is 18.4 Å². The molecule has 0 bridgehead atoms. The number of hydrogen-bond donors (Lipinski definition) is 2. The van der Waals surface area contributed by atoms with E-state index in [2.05, 4.69) is 13.8 Å². The summed E-state index contributed by atoms with van der Waals surface area (Å²) in [6, 6.07) is 0. The monoisotopic (exact) mass is 229 g/mol. The summed E-state index contributed by atoms with van der Waals surface area (Å²) in [5.74, 6) is 1.12. The molecule has 0 aromatic rings. The summed E-state index contributed by atoms with van der Waals surface area (Å²) in [5, 5.41) is 9.55. The van der Waals surface area contributed by atoms with Crippen molar-refractivity contribution in [2.75, 3.05) is 6.54 Å². The first-order chi connectivity index (χ1) is 7.43. The molecular weight excluding hydrogens is 202 g/mol. The molecule has 16 heavy (non-hydrogen) atoms. The Balaban J connectivity index is 2.75. The largest absolute Gasteiger partial charge is 0.391 e. The smallest absolute Gasteiger partial charge is 0.0836 e. The molecule has 0 aromatic heterocycles. The van der Waals surface area contributed by atoms with Crippen LogP contribution in [0.4, 0.5) is 0 Å². The second-order valence-electron chi connectivity index (χ2n) is 5.49. The van der Waals surface area contributed by atoms with Gasteiger partial charge in [-0.25, -0.2) is 0 Å². The van der Waals surface area contributed by atoms with Gasteiger partial charge < -0.3 is 15.6 Å². The Morgan fingerprint density at radius 2 is 2.06 bits per heavy atom. The Kier molecular flexibility index (Phi) is 4.77. The average molecular weight is 229 g/mol. The Bertz CT molecular complexity index is 220. The van der Waals surface area contributed by atoms with Crippen LogP contribution < -0.4 is 5.73 Å². The first-order valence-corrected chi connectivity index (χ1v) is 6.49. The molecule has 96 valence electrons. The van der Waals surface area contributed by atoms with Gasteiger partial charge in [-0.15, -0.1) is 0 Å². The molecule has 1 aliphatic carbocycles. The Morgan fingerprint density at radius 1 is 1.44 bits per heavy atom. The fourth-order valence-electron chi connectivity index (χ4n) is 2.69. The molecule has 0 radical (unpaired) electrons. The SMILES string of the molecule is CC(O)C(C)OC1(CN)CCCC(C)C1C. The van der Waals surface area contributed by atoms with Gasteiger partial charge in [0.05, 0.1) is 17.8 Å². The van der Waals surface area contributed by atoms with Crippen molar-refractivity contribution in [2.45, 2.75) is 64.8 Å². The van der Waals surface area contributed by atoms with Crippen molar-refractivity contribution < 1.29 is 9.84 Å². The average Bonchev–Trinajstić information content (AvgIpc) is 2.24. The highest BCUT2D eigenvalue weighted by molar-refractivity contribution is 4.94. The molecule has 5 atom stereocenters. The van der Waals surface area contributed by atoms with E-state index >= 15 is 0 Å². The third kappa shape index (κ3) is 2.76. The number of aliphatic hydroxyl groups is 1. The van der Waals surface area contributed by atoms with Gasteiger partial charge in [0, 0.05) is 6.54 Å². The molecule has 0 aliphatic heterocycles. The van der Waals surface area contributed by atoms with E-state index in [1.54, 1.807) is 6.92 Å². The Hall–Kier alpha value is -0.120. The highest BCUT2D eigenvalue weighted by Crippen LogP contribution is 2.40. The first kappa shape index (κ1) is 13.9. The van der Waals surface area contributed by atoms with Gasteiger partial charge in [-0.1, -0.05) is 26.7 Å². The summed E-state index contributed by atoms with van der Waals surface area (Å²) >= 11 is 0. The third-order valence-corrected chi connectivity index (χ3v) is 4.39. The van der Waals surface area contributed by atoms with Crippen molar-refractivity contribution in [3.05, 3.63) is 0 Å². The second kappa shape index (κ2) is 5.48. The standard InChI is InChI=1S/C13H27NO2/c1-9-6-5-7-13(8-14,10(9)2)16-12(4)11(3)15/h9-12,15H,5-8,14H2,1-4H3. The van der Waals surface area contributed by atoms with Crippen molar-refractivity contribution in [1.29, 1.82) is 0 Å². The van der Waals surface area contributed by atoms with Crippen LogP contribution in [0, 0.1) is 11.8 Å². The quantitative estimate of drug-likeness (QED) is 0.774. The van der Waals surface area contributed by atoms with Crippen LogP contribution in [0.1, 0.15) is 47.0 Å². The van der Waals surface area contributed by atoms with Gasteiger partial charge in [0.2, 0.25) is 0 Å². The van der Waals surface area contributed by atoms with Crippen LogP contribution in [0.15, 0.2) is 0 Å². The van der Waals surface area contributed by atoms with E-state index in [1.807, 2.05) is 6.92 Å². The number of rotatable bonds is 4. The maximum absolute atomic E-state index is 9.55. The highest BCUT2D eigenvalue weighted by Gasteiger charge is 2.42. The van der Waals surface area contributed by atoms with Crippen molar-refractivity contribution in [3.63, 3.8) is 0 Å². The summed E-state index contributed by atoms with van der Waals surface area (Å²) in [6.45, 7) is 8.74. The molecule has 0 saturated heterocycles. The van der Waals surface area contributed by atoms with E-state index in [4.69, 9.17) is 10.5 Å². The van der Waals surface area contributed by atoms with Crippen LogP contribution in [-0.2, 0) is 4.74 Å². The number of ether oxygens (including phenoxy) is 1. The molecule has 0 heterocycles. The second-order valence-corrected chi connectivity index (χ2v) is 5.49. The topological polar surface area (TPSA) is 55.5 Å². The minimum absolute atomic E-state index is 0.142. The number of aliphatic hydroxyl groups excluding tert-OH is 1. The normalized spacial score (nSPS) is 39.4.